The van der Waals surface area contributed by atoms with Gasteiger partial charge in [0.1, 0.15) is 5.75 Å². The lowest BCUT2D eigenvalue weighted by Gasteiger charge is -2.16. The lowest BCUT2D eigenvalue weighted by atomic mass is 9.89. The number of hydrogen-bond acceptors (Lipinski definition) is 5. The summed E-state index contributed by atoms with van der Waals surface area (Å²) in [5.74, 6) is 0.758. The summed E-state index contributed by atoms with van der Waals surface area (Å²) in [5, 5.41) is 2.96. The van der Waals surface area contributed by atoms with Crippen LogP contribution in [0, 0.1) is 5.92 Å². The molecule has 2 aromatic carbocycles. The van der Waals surface area contributed by atoms with Crippen LogP contribution in [0.5, 0.6) is 5.75 Å². The number of nitrogens with one attached hydrogen (secondary N) is 1. The number of likely N-dealkylation sites (tertiary alicyclic amines) is 1. The van der Waals surface area contributed by atoms with Crippen molar-refractivity contribution in [2.45, 2.75) is 12.5 Å². The molecule has 0 spiro atoms. The van der Waals surface area contributed by atoms with Gasteiger partial charge in [-0.25, -0.2) is 0 Å². The van der Waals surface area contributed by atoms with E-state index in [2.05, 4.69) is 22.3 Å². The largest absolute Gasteiger partial charge is 0.484 e. The van der Waals surface area contributed by atoms with Gasteiger partial charge in [-0.1, -0.05) is 42.5 Å². The van der Waals surface area contributed by atoms with Crippen LogP contribution in [0.25, 0.3) is 0 Å². The van der Waals surface area contributed by atoms with Crippen molar-refractivity contribution < 1.29 is 14.3 Å². The minimum absolute atomic E-state index is 0.0106. The third kappa shape index (κ3) is 6.04. The molecule has 154 valence electrons. The SMILES string of the molecule is NC[C@@H]1CN(CC(=O)NCc2ccc(OCC(N)=O)cc2)C[C@H]1c1ccccc1. The van der Waals surface area contributed by atoms with Gasteiger partial charge >= 0.3 is 0 Å². The number of carbonyl (C=O) groups excluding carboxylic acids is 2. The zero-order valence-corrected chi connectivity index (χ0v) is 16.4. The van der Waals surface area contributed by atoms with E-state index in [0.717, 1.165) is 18.7 Å². The summed E-state index contributed by atoms with van der Waals surface area (Å²) in [5.41, 5.74) is 13.3. The molecule has 1 aliphatic heterocycles. The van der Waals surface area contributed by atoms with Crippen molar-refractivity contribution in [3.05, 3.63) is 65.7 Å². The van der Waals surface area contributed by atoms with E-state index in [0.29, 0.717) is 37.2 Å². The van der Waals surface area contributed by atoms with Crippen molar-refractivity contribution in [1.29, 1.82) is 0 Å². The molecule has 29 heavy (non-hydrogen) atoms. The van der Waals surface area contributed by atoms with Crippen molar-refractivity contribution in [3.8, 4) is 5.75 Å². The van der Waals surface area contributed by atoms with Crippen LogP contribution in [0.4, 0.5) is 0 Å². The number of primary amides is 1. The summed E-state index contributed by atoms with van der Waals surface area (Å²) in [6.45, 7) is 2.92. The molecule has 1 saturated heterocycles. The third-order valence-corrected chi connectivity index (χ3v) is 5.21. The number of nitrogens with two attached hydrogens (primary N) is 2. The molecule has 2 amide bonds. The first-order valence-corrected chi connectivity index (χ1v) is 9.79. The normalized spacial score (nSPS) is 19.1. The highest BCUT2D eigenvalue weighted by molar-refractivity contribution is 5.78. The molecule has 2 atom stereocenters. The van der Waals surface area contributed by atoms with Gasteiger partial charge in [-0.2, -0.15) is 0 Å². The molecule has 1 fully saturated rings. The van der Waals surface area contributed by atoms with Crippen LogP contribution < -0.4 is 21.5 Å². The molecule has 0 bridgehead atoms. The van der Waals surface area contributed by atoms with Crippen molar-refractivity contribution in [3.63, 3.8) is 0 Å². The lowest BCUT2D eigenvalue weighted by molar-refractivity contribution is -0.122. The highest BCUT2D eigenvalue weighted by atomic mass is 16.5. The second kappa shape index (κ2) is 10.0. The fraction of sp³-hybridized carbons (Fsp3) is 0.364. The van der Waals surface area contributed by atoms with E-state index in [4.69, 9.17) is 16.2 Å². The smallest absolute Gasteiger partial charge is 0.255 e. The molecule has 0 saturated carbocycles. The molecule has 5 N–H and O–H groups in total. The number of nitrogens with zero attached hydrogens (tertiary/aromatic N) is 1. The predicted octanol–water partition coefficient (Wildman–Crippen LogP) is 0.841. The minimum atomic E-state index is -0.519. The summed E-state index contributed by atoms with van der Waals surface area (Å²) >= 11 is 0. The Morgan fingerprint density at radius 1 is 1.07 bits per heavy atom. The van der Waals surface area contributed by atoms with Crippen LogP contribution in [0.3, 0.4) is 0 Å². The van der Waals surface area contributed by atoms with Crippen LogP contribution in [0.1, 0.15) is 17.0 Å². The molecule has 0 radical (unpaired) electrons. The molecule has 1 aliphatic rings. The standard InChI is InChI=1S/C22H28N4O3/c23-10-18-12-26(13-20(18)17-4-2-1-3-5-17)14-22(28)25-11-16-6-8-19(9-7-16)29-15-21(24)27/h1-9,18,20H,10-15,23H2,(H2,24,27)(H,25,28)/t18-,20+/m1/s1. The van der Waals surface area contributed by atoms with E-state index in [9.17, 15) is 9.59 Å². The highest BCUT2D eigenvalue weighted by Crippen LogP contribution is 2.31. The van der Waals surface area contributed by atoms with Crippen LogP contribution in [0.2, 0.25) is 0 Å². The summed E-state index contributed by atoms with van der Waals surface area (Å²) in [7, 11) is 0. The van der Waals surface area contributed by atoms with Gasteiger partial charge in [-0.05, 0) is 35.7 Å². The van der Waals surface area contributed by atoms with E-state index in [1.54, 1.807) is 12.1 Å². The Morgan fingerprint density at radius 3 is 2.45 bits per heavy atom. The van der Waals surface area contributed by atoms with Gasteiger partial charge in [0, 0.05) is 25.6 Å². The van der Waals surface area contributed by atoms with Gasteiger partial charge in [-0.15, -0.1) is 0 Å². The van der Waals surface area contributed by atoms with Crippen LogP contribution in [-0.2, 0) is 16.1 Å². The van der Waals surface area contributed by atoms with E-state index in [1.807, 2.05) is 30.3 Å². The number of benzene rings is 2. The van der Waals surface area contributed by atoms with E-state index in [-0.39, 0.29) is 12.5 Å². The Balaban J connectivity index is 1.46. The molecule has 7 heteroatoms. The molecule has 0 aliphatic carbocycles. The Kier molecular flexibility index (Phi) is 7.21. The van der Waals surface area contributed by atoms with E-state index >= 15 is 0 Å². The average molecular weight is 396 g/mol. The first kappa shape index (κ1) is 20.8. The first-order valence-electron chi connectivity index (χ1n) is 9.79. The predicted molar refractivity (Wildman–Crippen MR) is 111 cm³/mol. The summed E-state index contributed by atoms with van der Waals surface area (Å²) in [6, 6.07) is 17.6. The summed E-state index contributed by atoms with van der Waals surface area (Å²) in [6.07, 6.45) is 0. The number of hydrogen-bond donors (Lipinski definition) is 3. The fourth-order valence-corrected chi connectivity index (χ4v) is 3.72. The molecular formula is C22H28N4O3. The highest BCUT2D eigenvalue weighted by Gasteiger charge is 2.33. The third-order valence-electron chi connectivity index (χ3n) is 5.21. The number of rotatable bonds is 9. The van der Waals surface area contributed by atoms with E-state index in [1.165, 1.54) is 5.56 Å². The minimum Gasteiger partial charge on any atom is -0.484 e. The molecule has 2 aromatic rings. The van der Waals surface area contributed by atoms with Crippen LogP contribution in [0.15, 0.2) is 54.6 Å². The number of amides is 2. The second-order valence-corrected chi connectivity index (χ2v) is 7.38. The van der Waals surface area contributed by atoms with Crippen molar-refractivity contribution in [2.24, 2.45) is 17.4 Å². The van der Waals surface area contributed by atoms with Gasteiger partial charge in [0.25, 0.3) is 5.91 Å². The summed E-state index contributed by atoms with van der Waals surface area (Å²) in [4.78, 5) is 25.3. The van der Waals surface area contributed by atoms with Gasteiger partial charge in [0.2, 0.25) is 5.91 Å². The topological polar surface area (TPSA) is 111 Å². The van der Waals surface area contributed by atoms with E-state index < -0.39 is 5.91 Å². The Labute approximate surface area is 171 Å². The maximum atomic E-state index is 12.4. The fourth-order valence-electron chi connectivity index (χ4n) is 3.72. The Bertz CT molecular complexity index is 811. The monoisotopic (exact) mass is 396 g/mol. The average Bonchev–Trinajstić information content (AvgIpc) is 3.15. The molecular weight excluding hydrogens is 368 g/mol. The molecule has 3 rings (SSSR count). The van der Waals surface area contributed by atoms with Crippen molar-refractivity contribution in [1.82, 2.24) is 10.2 Å². The van der Waals surface area contributed by atoms with Gasteiger partial charge in [0.15, 0.2) is 6.61 Å². The summed E-state index contributed by atoms with van der Waals surface area (Å²) < 4.78 is 5.23. The van der Waals surface area contributed by atoms with Gasteiger partial charge < -0.3 is 21.5 Å². The van der Waals surface area contributed by atoms with Gasteiger partial charge in [0.05, 0.1) is 6.54 Å². The lowest BCUT2D eigenvalue weighted by Crippen LogP contribution is -2.36. The van der Waals surface area contributed by atoms with Crippen molar-refractivity contribution in [2.75, 3.05) is 32.8 Å². The van der Waals surface area contributed by atoms with Gasteiger partial charge in [-0.3, -0.25) is 14.5 Å². The molecule has 7 nitrogen and oxygen atoms in total. The molecule has 1 heterocycles. The Hall–Kier alpha value is -2.90. The molecule has 0 unspecified atom stereocenters. The van der Waals surface area contributed by atoms with Crippen LogP contribution >= 0.6 is 0 Å². The zero-order valence-electron chi connectivity index (χ0n) is 16.4. The number of carbonyl (C=O) groups is 2. The maximum Gasteiger partial charge on any atom is 0.255 e. The Morgan fingerprint density at radius 2 is 1.79 bits per heavy atom. The van der Waals surface area contributed by atoms with Crippen LogP contribution in [-0.4, -0.2) is 49.5 Å². The zero-order chi connectivity index (χ0) is 20.6. The maximum absolute atomic E-state index is 12.4. The van der Waals surface area contributed by atoms with Crippen molar-refractivity contribution >= 4 is 11.8 Å². The second-order valence-electron chi connectivity index (χ2n) is 7.38. The quantitative estimate of drug-likeness (QED) is 0.582. The number of ether oxygens (including phenoxy) is 1. The molecule has 0 aromatic heterocycles. The first-order chi connectivity index (χ1) is 14.0.